The maximum atomic E-state index is 12.0. The van der Waals surface area contributed by atoms with Gasteiger partial charge in [-0.15, -0.1) is 0 Å². The molecule has 0 heterocycles. The van der Waals surface area contributed by atoms with Crippen LogP contribution < -0.4 is 11.1 Å². The minimum Gasteiger partial charge on any atom is -0.368 e. The van der Waals surface area contributed by atoms with Crippen LogP contribution in [0.2, 0.25) is 0 Å². The Labute approximate surface area is 102 Å². The molecule has 0 aliphatic heterocycles. The number of carbonyl (C=O) groups excluding carboxylic acids is 2. The third kappa shape index (κ3) is 3.45. The highest BCUT2D eigenvalue weighted by atomic mass is 16.2. The number of nitrogens with zero attached hydrogens (tertiary/aromatic N) is 1. The number of amides is 2. The molecular weight excluding hydrogens is 218 g/mol. The van der Waals surface area contributed by atoms with E-state index < -0.39 is 23.3 Å². The van der Waals surface area contributed by atoms with Gasteiger partial charge in [0.05, 0.1) is 6.07 Å². The zero-order valence-corrected chi connectivity index (χ0v) is 10.9. The Kier molecular flexibility index (Phi) is 5.66. The summed E-state index contributed by atoms with van der Waals surface area (Å²) in [5.74, 6) is -1.09. The average Bonchev–Trinajstić information content (AvgIpc) is 2.28. The quantitative estimate of drug-likeness (QED) is 0.722. The third-order valence-corrected chi connectivity index (χ3v) is 3.12. The van der Waals surface area contributed by atoms with Gasteiger partial charge in [-0.2, -0.15) is 5.26 Å². The predicted molar refractivity (Wildman–Crippen MR) is 64.6 cm³/mol. The van der Waals surface area contributed by atoms with Gasteiger partial charge < -0.3 is 11.1 Å². The number of rotatable bonds is 6. The van der Waals surface area contributed by atoms with Gasteiger partial charge in [0.1, 0.15) is 11.5 Å². The van der Waals surface area contributed by atoms with Gasteiger partial charge in [-0.1, -0.05) is 27.7 Å². The van der Waals surface area contributed by atoms with Crippen LogP contribution >= 0.6 is 0 Å². The Bertz CT molecular complexity index is 327. The molecule has 5 nitrogen and oxygen atoms in total. The Morgan fingerprint density at radius 1 is 1.35 bits per heavy atom. The van der Waals surface area contributed by atoms with Crippen molar-refractivity contribution in [2.24, 2.45) is 17.1 Å². The molecule has 1 unspecified atom stereocenters. The number of nitrogens with one attached hydrogen (secondary N) is 1. The zero-order valence-electron chi connectivity index (χ0n) is 10.9. The van der Waals surface area contributed by atoms with Crippen molar-refractivity contribution < 1.29 is 9.59 Å². The van der Waals surface area contributed by atoms with E-state index in [1.54, 1.807) is 27.7 Å². The van der Waals surface area contributed by atoms with Crippen LogP contribution in [0.1, 0.15) is 40.5 Å². The van der Waals surface area contributed by atoms with Crippen LogP contribution in [-0.4, -0.2) is 17.9 Å². The van der Waals surface area contributed by atoms with E-state index in [1.165, 1.54) is 0 Å². The molecule has 0 spiro atoms. The van der Waals surface area contributed by atoms with Crippen molar-refractivity contribution in [1.29, 1.82) is 5.26 Å². The van der Waals surface area contributed by atoms with Crippen LogP contribution in [0.15, 0.2) is 0 Å². The second kappa shape index (κ2) is 6.24. The standard InChI is InChI=1S/C12H21N3O2/c1-5-12(6-2,7-13)11(17)15-9(8(3)4)10(14)16/h8-9H,5-6H2,1-4H3,(H2,14,16)(H,15,17). The van der Waals surface area contributed by atoms with E-state index in [0.717, 1.165) is 0 Å². The molecule has 0 aliphatic carbocycles. The fraction of sp³-hybridized carbons (Fsp3) is 0.750. The molecule has 0 saturated heterocycles. The molecule has 0 fully saturated rings. The van der Waals surface area contributed by atoms with Crippen molar-refractivity contribution in [2.75, 3.05) is 0 Å². The first-order chi connectivity index (χ1) is 7.84. The first kappa shape index (κ1) is 15.4. The van der Waals surface area contributed by atoms with Crippen molar-refractivity contribution in [3.05, 3.63) is 0 Å². The Balaban J connectivity index is 4.95. The van der Waals surface area contributed by atoms with Gasteiger partial charge in [0.25, 0.3) is 0 Å². The number of primary amides is 1. The summed E-state index contributed by atoms with van der Waals surface area (Å²) in [6.07, 6.45) is 0.824. The monoisotopic (exact) mass is 239 g/mol. The molecule has 3 N–H and O–H groups in total. The van der Waals surface area contributed by atoms with Crippen molar-refractivity contribution in [3.63, 3.8) is 0 Å². The van der Waals surface area contributed by atoms with Gasteiger partial charge in [-0.25, -0.2) is 0 Å². The number of nitriles is 1. The Hall–Kier alpha value is -1.57. The van der Waals surface area contributed by atoms with Crippen molar-refractivity contribution >= 4 is 11.8 Å². The molecule has 0 saturated carbocycles. The molecule has 5 heteroatoms. The summed E-state index contributed by atoms with van der Waals surface area (Å²) in [7, 11) is 0. The van der Waals surface area contributed by atoms with Gasteiger partial charge in [-0.3, -0.25) is 9.59 Å². The van der Waals surface area contributed by atoms with Crippen LogP contribution in [0, 0.1) is 22.7 Å². The van der Waals surface area contributed by atoms with E-state index >= 15 is 0 Å². The van der Waals surface area contributed by atoms with Gasteiger partial charge in [-0.05, 0) is 18.8 Å². The van der Waals surface area contributed by atoms with Crippen molar-refractivity contribution in [1.82, 2.24) is 5.32 Å². The second-order valence-corrected chi connectivity index (χ2v) is 4.50. The van der Waals surface area contributed by atoms with Gasteiger partial charge in [0, 0.05) is 0 Å². The molecule has 96 valence electrons. The molecule has 2 amide bonds. The van der Waals surface area contributed by atoms with E-state index in [2.05, 4.69) is 5.32 Å². The average molecular weight is 239 g/mol. The molecule has 17 heavy (non-hydrogen) atoms. The highest BCUT2D eigenvalue weighted by Crippen LogP contribution is 2.25. The Morgan fingerprint density at radius 2 is 1.82 bits per heavy atom. The lowest BCUT2D eigenvalue weighted by molar-refractivity contribution is -0.133. The molecule has 0 bridgehead atoms. The predicted octanol–water partition coefficient (Wildman–Crippen LogP) is 0.942. The highest BCUT2D eigenvalue weighted by Gasteiger charge is 2.37. The largest absolute Gasteiger partial charge is 0.368 e. The summed E-state index contributed by atoms with van der Waals surface area (Å²) in [5, 5.41) is 11.7. The maximum absolute atomic E-state index is 12.0. The van der Waals surface area contributed by atoms with Gasteiger partial charge in [0.15, 0.2) is 0 Å². The van der Waals surface area contributed by atoms with Crippen LogP contribution in [0.3, 0.4) is 0 Å². The fourth-order valence-corrected chi connectivity index (χ4v) is 1.63. The summed E-state index contributed by atoms with van der Waals surface area (Å²) in [4.78, 5) is 23.2. The summed E-state index contributed by atoms with van der Waals surface area (Å²) >= 11 is 0. The minimum absolute atomic E-state index is 0.0958. The highest BCUT2D eigenvalue weighted by molar-refractivity contribution is 5.91. The lowest BCUT2D eigenvalue weighted by atomic mass is 9.82. The molecule has 0 aromatic rings. The minimum atomic E-state index is -1.07. The van der Waals surface area contributed by atoms with Gasteiger partial charge in [0.2, 0.25) is 11.8 Å². The van der Waals surface area contributed by atoms with Crippen molar-refractivity contribution in [3.8, 4) is 6.07 Å². The van der Waals surface area contributed by atoms with Crippen LogP contribution in [0.25, 0.3) is 0 Å². The summed E-state index contributed by atoms with van der Waals surface area (Å²) < 4.78 is 0. The topological polar surface area (TPSA) is 96.0 Å². The number of carbonyl (C=O) groups is 2. The zero-order chi connectivity index (χ0) is 13.6. The lowest BCUT2D eigenvalue weighted by Gasteiger charge is -2.26. The summed E-state index contributed by atoms with van der Waals surface area (Å²) in [5.41, 5.74) is 4.15. The van der Waals surface area contributed by atoms with E-state index in [1.807, 2.05) is 6.07 Å². The fourth-order valence-electron chi connectivity index (χ4n) is 1.63. The molecule has 0 radical (unpaired) electrons. The van der Waals surface area contributed by atoms with E-state index in [0.29, 0.717) is 12.8 Å². The second-order valence-electron chi connectivity index (χ2n) is 4.50. The summed E-state index contributed by atoms with van der Waals surface area (Å²) in [6.45, 7) is 7.14. The van der Waals surface area contributed by atoms with E-state index in [9.17, 15) is 9.59 Å². The molecule has 0 rings (SSSR count). The Morgan fingerprint density at radius 3 is 2.06 bits per heavy atom. The number of hydrogen-bond donors (Lipinski definition) is 2. The smallest absolute Gasteiger partial charge is 0.241 e. The lowest BCUT2D eigenvalue weighted by Crippen LogP contribution is -2.52. The van der Waals surface area contributed by atoms with E-state index in [4.69, 9.17) is 11.0 Å². The van der Waals surface area contributed by atoms with Crippen LogP contribution in [-0.2, 0) is 9.59 Å². The molecule has 0 aromatic heterocycles. The van der Waals surface area contributed by atoms with Crippen LogP contribution in [0.4, 0.5) is 0 Å². The first-order valence-corrected chi connectivity index (χ1v) is 5.86. The number of nitrogens with two attached hydrogens (primary N) is 1. The number of hydrogen-bond acceptors (Lipinski definition) is 3. The normalized spacial score (nSPS) is 12.9. The van der Waals surface area contributed by atoms with E-state index in [-0.39, 0.29) is 5.92 Å². The van der Waals surface area contributed by atoms with Gasteiger partial charge >= 0.3 is 0 Å². The third-order valence-electron chi connectivity index (χ3n) is 3.12. The molecule has 0 aliphatic rings. The molecule has 1 atom stereocenters. The molecular formula is C12H21N3O2. The van der Waals surface area contributed by atoms with Crippen molar-refractivity contribution in [2.45, 2.75) is 46.6 Å². The molecule has 0 aromatic carbocycles. The maximum Gasteiger partial charge on any atom is 0.241 e. The van der Waals surface area contributed by atoms with Crippen LogP contribution in [0.5, 0.6) is 0 Å². The SMILES string of the molecule is CCC(C#N)(CC)C(=O)NC(C(N)=O)C(C)C. The first-order valence-electron chi connectivity index (χ1n) is 5.86. The summed E-state index contributed by atoms with van der Waals surface area (Å²) in [6, 6.07) is 1.31.